The molecule has 2 fully saturated rings. The molecule has 2 N–H and O–H groups in total. The van der Waals surface area contributed by atoms with Crippen molar-refractivity contribution in [2.24, 2.45) is 0 Å². The Bertz CT molecular complexity index is 865. The summed E-state index contributed by atoms with van der Waals surface area (Å²) in [6.45, 7) is 7.53. The minimum atomic E-state index is -0.803. The van der Waals surface area contributed by atoms with Crippen molar-refractivity contribution < 1.29 is 19.3 Å². The number of β-amino-alcohol motifs (C(OH)–C–C–N with tert-alkyl or cyclic N) is 1. The van der Waals surface area contributed by atoms with Crippen LogP contribution in [-0.4, -0.2) is 91.8 Å². The van der Waals surface area contributed by atoms with E-state index in [1.54, 1.807) is 25.7 Å². The molecule has 1 aromatic carbocycles. The maximum absolute atomic E-state index is 11.1. The van der Waals surface area contributed by atoms with E-state index in [9.17, 15) is 5.11 Å². The van der Waals surface area contributed by atoms with Crippen LogP contribution in [0.1, 0.15) is 18.4 Å². The first-order valence-corrected chi connectivity index (χ1v) is 11.7. The summed E-state index contributed by atoms with van der Waals surface area (Å²) in [6.07, 6.45) is 6.77. The van der Waals surface area contributed by atoms with E-state index in [0.29, 0.717) is 26.2 Å². The lowest BCUT2D eigenvalue weighted by Crippen LogP contribution is -2.53. The van der Waals surface area contributed by atoms with E-state index in [1.165, 1.54) is 0 Å². The molecule has 180 valence electrons. The van der Waals surface area contributed by atoms with Crippen LogP contribution in [0.5, 0.6) is 11.5 Å². The zero-order valence-corrected chi connectivity index (χ0v) is 19.4. The molecule has 33 heavy (non-hydrogen) atoms. The van der Waals surface area contributed by atoms with Crippen molar-refractivity contribution in [3.63, 3.8) is 0 Å². The molecular weight excluding hydrogens is 422 g/mol. The molecule has 4 rings (SSSR count). The third kappa shape index (κ3) is 6.77. The minimum absolute atomic E-state index is 0.504. The van der Waals surface area contributed by atoms with E-state index in [-0.39, 0.29) is 0 Å². The maximum Gasteiger partial charge on any atom is 0.161 e. The van der Waals surface area contributed by atoms with Crippen LogP contribution in [0.2, 0.25) is 0 Å². The van der Waals surface area contributed by atoms with E-state index in [2.05, 4.69) is 25.1 Å². The van der Waals surface area contributed by atoms with Crippen molar-refractivity contribution in [3.05, 3.63) is 42.4 Å². The summed E-state index contributed by atoms with van der Waals surface area (Å²) in [7, 11) is 1.66. The van der Waals surface area contributed by atoms with Gasteiger partial charge in [-0.3, -0.25) is 9.88 Å². The normalized spacial score (nSPS) is 21.7. The summed E-state index contributed by atoms with van der Waals surface area (Å²) in [5.74, 6) is 2.28. The van der Waals surface area contributed by atoms with Crippen molar-refractivity contribution in [2.45, 2.75) is 25.0 Å². The Kier molecular flexibility index (Phi) is 8.33. The molecule has 0 saturated carbocycles. The summed E-state index contributed by atoms with van der Waals surface area (Å²) in [4.78, 5) is 13.0. The average Bonchev–Trinajstić information content (AvgIpc) is 2.86. The SMILES string of the molecule is COc1cc(CNC[C@@]2(O)CCCN(c3cnccn3)C2)ccc1OCCN1CCOCC1. The molecule has 2 saturated heterocycles. The molecule has 9 heteroatoms. The molecule has 0 spiro atoms. The van der Waals surface area contributed by atoms with E-state index in [1.807, 2.05) is 18.2 Å². The number of nitrogens with one attached hydrogen (secondary N) is 1. The third-order valence-corrected chi connectivity index (χ3v) is 6.21. The Labute approximate surface area is 195 Å². The zero-order chi connectivity index (χ0) is 22.9. The predicted molar refractivity (Wildman–Crippen MR) is 126 cm³/mol. The lowest BCUT2D eigenvalue weighted by atomic mass is 9.92. The smallest absolute Gasteiger partial charge is 0.161 e. The van der Waals surface area contributed by atoms with Gasteiger partial charge in [0.2, 0.25) is 0 Å². The first-order valence-electron chi connectivity index (χ1n) is 11.7. The van der Waals surface area contributed by atoms with Crippen molar-refractivity contribution in [1.82, 2.24) is 20.2 Å². The maximum atomic E-state index is 11.1. The summed E-state index contributed by atoms with van der Waals surface area (Å²) in [6, 6.07) is 5.99. The van der Waals surface area contributed by atoms with Gasteiger partial charge < -0.3 is 29.5 Å². The van der Waals surface area contributed by atoms with Gasteiger partial charge in [-0.25, -0.2) is 4.98 Å². The van der Waals surface area contributed by atoms with Crippen LogP contribution in [0.25, 0.3) is 0 Å². The van der Waals surface area contributed by atoms with E-state index in [4.69, 9.17) is 14.2 Å². The molecule has 2 aromatic rings. The van der Waals surface area contributed by atoms with Crippen LogP contribution in [0, 0.1) is 0 Å². The van der Waals surface area contributed by atoms with Gasteiger partial charge in [0.05, 0.1) is 32.1 Å². The van der Waals surface area contributed by atoms with Gasteiger partial charge in [-0.2, -0.15) is 0 Å². The fraction of sp³-hybridized carbons (Fsp3) is 0.583. The van der Waals surface area contributed by atoms with E-state index in [0.717, 1.165) is 75.1 Å². The molecule has 0 amide bonds. The summed E-state index contributed by atoms with van der Waals surface area (Å²) < 4.78 is 16.9. The van der Waals surface area contributed by atoms with Crippen molar-refractivity contribution in [2.75, 3.05) is 71.1 Å². The molecule has 9 nitrogen and oxygen atoms in total. The number of piperidine rings is 1. The second-order valence-corrected chi connectivity index (χ2v) is 8.70. The van der Waals surface area contributed by atoms with Gasteiger partial charge in [-0.15, -0.1) is 0 Å². The second-order valence-electron chi connectivity index (χ2n) is 8.70. The highest BCUT2D eigenvalue weighted by molar-refractivity contribution is 5.43. The molecule has 0 radical (unpaired) electrons. The molecule has 3 heterocycles. The lowest BCUT2D eigenvalue weighted by Gasteiger charge is -2.39. The fourth-order valence-electron chi connectivity index (χ4n) is 4.40. The van der Waals surface area contributed by atoms with Crippen molar-refractivity contribution >= 4 is 5.82 Å². The quantitative estimate of drug-likeness (QED) is 0.548. The Morgan fingerprint density at radius 1 is 1.18 bits per heavy atom. The predicted octanol–water partition coefficient (Wildman–Crippen LogP) is 1.32. The Morgan fingerprint density at radius 2 is 2.06 bits per heavy atom. The molecule has 0 aliphatic carbocycles. The summed E-state index contributed by atoms with van der Waals surface area (Å²) in [5.41, 5.74) is 0.278. The van der Waals surface area contributed by atoms with E-state index < -0.39 is 5.60 Å². The van der Waals surface area contributed by atoms with Gasteiger partial charge in [0.25, 0.3) is 0 Å². The van der Waals surface area contributed by atoms with Crippen molar-refractivity contribution in [3.8, 4) is 11.5 Å². The number of hydrogen-bond acceptors (Lipinski definition) is 9. The standard InChI is InChI=1S/C24H35N5O4/c1-31-22-15-20(3-4-21(22)33-14-11-28-9-12-32-13-10-28)16-26-18-24(30)5-2-8-29(19-24)23-17-25-6-7-27-23/h3-4,6-7,15,17,26,30H,2,5,8-14,16,18-19H2,1H3/t24-/m0/s1. The number of rotatable bonds is 10. The number of aliphatic hydroxyl groups is 1. The molecule has 1 aromatic heterocycles. The van der Waals surface area contributed by atoms with Gasteiger partial charge >= 0.3 is 0 Å². The number of benzene rings is 1. The largest absolute Gasteiger partial charge is 0.493 e. The van der Waals surface area contributed by atoms with Gasteiger partial charge in [0.15, 0.2) is 11.5 Å². The first kappa shape index (κ1) is 23.7. The van der Waals surface area contributed by atoms with E-state index >= 15 is 0 Å². The van der Waals surface area contributed by atoms with Crippen LogP contribution >= 0.6 is 0 Å². The number of hydrogen-bond donors (Lipinski definition) is 2. The zero-order valence-electron chi connectivity index (χ0n) is 19.4. The minimum Gasteiger partial charge on any atom is -0.493 e. The third-order valence-electron chi connectivity index (χ3n) is 6.21. The molecular formula is C24H35N5O4. The summed E-state index contributed by atoms with van der Waals surface area (Å²) in [5, 5.41) is 14.5. The van der Waals surface area contributed by atoms with Gasteiger partial charge in [-0.1, -0.05) is 6.07 Å². The molecule has 1 atom stereocenters. The second kappa shape index (κ2) is 11.6. The van der Waals surface area contributed by atoms with Crippen LogP contribution < -0.4 is 19.7 Å². The Hall–Kier alpha value is -2.46. The molecule has 0 bridgehead atoms. The molecule has 2 aliphatic heterocycles. The Balaban J connectivity index is 1.25. The highest BCUT2D eigenvalue weighted by atomic mass is 16.5. The van der Waals surface area contributed by atoms with Gasteiger partial charge in [-0.05, 0) is 30.5 Å². The number of aromatic nitrogens is 2. The highest BCUT2D eigenvalue weighted by Gasteiger charge is 2.33. The average molecular weight is 458 g/mol. The number of anilines is 1. The molecule has 2 aliphatic rings. The van der Waals surface area contributed by atoms with Crippen LogP contribution in [0.3, 0.4) is 0 Å². The fourth-order valence-corrected chi connectivity index (χ4v) is 4.40. The number of methoxy groups -OCH3 is 1. The van der Waals surface area contributed by atoms with Crippen LogP contribution in [0.15, 0.2) is 36.8 Å². The van der Waals surface area contributed by atoms with Gasteiger partial charge in [0, 0.05) is 58.2 Å². The first-order chi connectivity index (χ1) is 16.1. The number of nitrogens with zero attached hydrogens (tertiary/aromatic N) is 4. The monoisotopic (exact) mass is 457 g/mol. The number of morpholine rings is 1. The van der Waals surface area contributed by atoms with Crippen LogP contribution in [0.4, 0.5) is 5.82 Å². The highest BCUT2D eigenvalue weighted by Crippen LogP contribution is 2.28. The lowest BCUT2D eigenvalue weighted by molar-refractivity contribution is 0.0258. The Morgan fingerprint density at radius 3 is 2.85 bits per heavy atom. The van der Waals surface area contributed by atoms with Gasteiger partial charge in [0.1, 0.15) is 12.4 Å². The summed E-state index contributed by atoms with van der Waals surface area (Å²) >= 11 is 0. The number of ether oxygens (including phenoxy) is 3. The van der Waals surface area contributed by atoms with Crippen LogP contribution in [-0.2, 0) is 11.3 Å². The topological polar surface area (TPSA) is 92.2 Å². The molecule has 0 unspecified atom stereocenters. The van der Waals surface area contributed by atoms with Crippen molar-refractivity contribution in [1.29, 1.82) is 0 Å².